The highest BCUT2D eigenvalue weighted by Gasteiger charge is 2.80. The lowest BCUT2D eigenvalue weighted by atomic mass is 9.43. The number of hydrazine groups is 1. The van der Waals surface area contributed by atoms with Crippen molar-refractivity contribution in [3.63, 3.8) is 0 Å². The molecule has 0 aromatic heterocycles. The van der Waals surface area contributed by atoms with Gasteiger partial charge in [0.05, 0.1) is 11.8 Å². The van der Waals surface area contributed by atoms with Crippen molar-refractivity contribution in [2.45, 2.75) is 44.9 Å². The van der Waals surface area contributed by atoms with E-state index in [1.54, 1.807) is 0 Å². The number of hydrogen-bond donors (Lipinski definition) is 2. The maximum absolute atomic E-state index is 12.8. The molecule has 3 aliphatic carbocycles. The minimum atomic E-state index is -0.443. The first-order chi connectivity index (χ1) is 10.8. The van der Waals surface area contributed by atoms with Crippen LogP contribution in [0.1, 0.15) is 39.2 Å². The van der Waals surface area contributed by atoms with Crippen molar-refractivity contribution in [1.82, 2.24) is 10.9 Å². The van der Waals surface area contributed by atoms with Gasteiger partial charge in [0.1, 0.15) is 0 Å². The number of amides is 2. The second-order valence-electron chi connectivity index (χ2n) is 7.54. The summed E-state index contributed by atoms with van der Waals surface area (Å²) in [4.78, 5) is 24.9. The van der Waals surface area contributed by atoms with E-state index in [0.29, 0.717) is 0 Å². The van der Waals surface area contributed by atoms with Gasteiger partial charge in [-0.1, -0.05) is 67.0 Å². The number of halogens is 1. The van der Waals surface area contributed by atoms with Crippen LogP contribution in [0.3, 0.4) is 0 Å². The average molecular weight is 379 g/mol. The minimum absolute atomic E-state index is 0.0809. The largest absolute Gasteiger partial charge is 0.273 e. The molecular weight excluding hydrogens is 356 g/mol. The fourth-order valence-corrected chi connectivity index (χ4v) is 6.33. The number of carbonyl (C=O) groups is 2. The highest BCUT2D eigenvalue weighted by atomic mass is 79.9. The molecule has 3 fully saturated rings. The molecule has 0 aliphatic heterocycles. The molecule has 3 saturated carbocycles. The molecule has 0 spiro atoms. The summed E-state index contributed by atoms with van der Waals surface area (Å²) in [5.41, 5.74) is 5.76. The number of benzene rings is 1. The van der Waals surface area contributed by atoms with Gasteiger partial charge < -0.3 is 0 Å². The number of rotatable bonds is 3. The third-order valence-electron chi connectivity index (χ3n) is 6.50. The van der Waals surface area contributed by atoms with Gasteiger partial charge >= 0.3 is 0 Å². The van der Waals surface area contributed by atoms with Gasteiger partial charge in [-0.2, -0.15) is 0 Å². The van der Waals surface area contributed by atoms with Gasteiger partial charge in [0.15, 0.2) is 0 Å². The molecule has 5 heteroatoms. The topological polar surface area (TPSA) is 58.2 Å². The maximum Gasteiger partial charge on any atom is 0.246 e. The molecule has 1 aromatic rings. The Balaban J connectivity index is 1.61. The van der Waals surface area contributed by atoms with Gasteiger partial charge in [-0.3, -0.25) is 20.4 Å². The molecule has 0 saturated heterocycles. The number of fused-ring (bicyclic) bond motifs is 1. The predicted octanol–water partition coefficient (Wildman–Crippen LogP) is 2.97. The summed E-state index contributed by atoms with van der Waals surface area (Å²) in [6.07, 6.45) is 2.14. The Bertz CT molecular complexity index is 646. The van der Waals surface area contributed by atoms with Crippen LogP contribution in [0.5, 0.6) is 0 Å². The Morgan fingerprint density at radius 3 is 2.30 bits per heavy atom. The first kappa shape index (κ1) is 16.5. The predicted molar refractivity (Wildman–Crippen MR) is 92.7 cm³/mol. The molecule has 3 unspecified atom stereocenters. The second-order valence-corrected chi connectivity index (χ2v) is 8.46. The number of nitrogens with one attached hydrogen (secondary N) is 2. The Morgan fingerprint density at radius 1 is 1.13 bits per heavy atom. The van der Waals surface area contributed by atoms with Crippen LogP contribution < -0.4 is 10.9 Å². The summed E-state index contributed by atoms with van der Waals surface area (Å²) in [5, 5.41) is 0. The Hall–Kier alpha value is -1.36. The van der Waals surface area contributed by atoms with E-state index in [1.165, 1.54) is 0 Å². The van der Waals surface area contributed by atoms with Gasteiger partial charge in [0.25, 0.3) is 0 Å². The standard InChI is InChI=1S/C18H23BrN2O2/c1-16(2)17(3)9-10-18(16,14(17)19)15(23)21-20-13(22)11-12-7-5-4-6-8-12/h4-8,14H,9-11H2,1-3H3,(H,20,22)(H,21,23). The molecule has 4 nitrogen and oxygen atoms in total. The van der Waals surface area contributed by atoms with Crippen LogP contribution in [0, 0.1) is 16.2 Å². The van der Waals surface area contributed by atoms with Crippen molar-refractivity contribution in [3.05, 3.63) is 35.9 Å². The highest BCUT2D eigenvalue weighted by molar-refractivity contribution is 9.09. The van der Waals surface area contributed by atoms with E-state index in [0.717, 1.165) is 18.4 Å². The third kappa shape index (κ3) is 2.09. The van der Waals surface area contributed by atoms with Crippen molar-refractivity contribution in [3.8, 4) is 0 Å². The van der Waals surface area contributed by atoms with Crippen LogP contribution in [0.2, 0.25) is 0 Å². The van der Waals surface area contributed by atoms with Gasteiger partial charge in [0.2, 0.25) is 11.8 Å². The molecule has 124 valence electrons. The van der Waals surface area contributed by atoms with Gasteiger partial charge in [-0.25, -0.2) is 0 Å². The summed E-state index contributed by atoms with van der Waals surface area (Å²) in [5.74, 6) is -0.286. The van der Waals surface area contributed by atoms with E-state index < -0.39 is 5.41 Å². The zero-order chi connectivity index (χ0) is 16.9. The van der Waals surface area contributed by atoms with Crippen molar-refractivity contribution >= 4 is 27.7 Å². The Morgan fingerprint density at radius 2 is 1.78 bits per heavy atom. The molecule has 0 radical (unpaired) electrons. The summed E-state index contributed by atoms with van der Waals surface area (Å²) < 4.78 is 0. The Kier molecular flexibility index (Phi) is 3.82. The number of carbonyl (C=O) groups excluding carboxylic acids is 2. The lowest BCUT2D eigenvalue weighted by molar-refractivity contribution is -0.163. The lowest BCUT2D eigenvalue weighted by Crippen LogP contribution is -2.70. The summed E-state index contributed by atoms with van der Waals surface area (Å²) in [7, 11) is 0. The summed E-state index contributed by atoms with van der Waals surface area (Å²) in [6.45, 7) is 6.55. The van der Waals surface area contributed by atoms with E-state index >= 15 is 0 Å². The zero-order valence-electron chi connectivity index (χ0n) is 13.8. The maximum atomic E-state index is 12.8. The highest BCUT2D eigenvalue weighted by Crippen LogP contribution is 2.79. The summed E-state index contributed by atoms with van der Waals surface area (Å²) >= 11 is 3.73. The third-order valence-corrected chi connectivity index (χ3v) is 8.29. The van der Waals surface area contributed by atoms with Gasteiger partial charge in [0, 0.05) is 4.83 Å². The fourth-order valence-electron chi connectivity index (χ4n) is 4.52. The van der Waals surface area contributed by atoms with E-state index in [1.807, 2.05) is 30.3 Å². The Labute approximate surface area is 145 Å². The first-order valence-corrected chi connectivity index (χ1v) is 8.94. The van der Waals surface area contributed by atoms with Crippen molar-refractivity contribution < 1.29 is 9.59 Å². The van der Waals surface area contributed by atoms with Crippen molar-refractivity contribution in [2.75, 3.05) is 0 Å². The van der Waals surface area contributed by atoms with Crippen LogP contribution in [-0.2, 0) is 16.0 Å². The fraction of sp³-hybridized carbons (Fsp3) is 0.556. The smallest absolute Gasteiger partial charge is 0.246 e. The summed E-state index contributed by atoms with van der Waals surface area (Å²) in [6, 6.07) is 9.49. The molecule has 2 N–H and O–H groups in total. The van der Waals surface area contributed by atoms with E-state index in [2.05, 4.69) is 47.6 Å². The van der Waals surface area contributed by atoms with Crippen LogP contribution in [0.4, 0.5) is 0 Å². The zero-order valence-corrected chi connectivity index (χ0v) is 15.4. The molecule has 23 heavy (non-hydrogen) atoms. The normalized spacial score (nSPS) is 33.7. The van der Waals surface area contributed by atoms with Crippen molar-refractivity contribution in [2.24, 2.45) is 16.2 Å². The second kappa shape index (κ2) is 5.33. The van der Waals surface area contributed by atoms with E-state index in [-0.39, 0.29) is 33.9 Å². The average Bonchev–Trinajstić information content (AvgIpc) is 2.93. The molecule has 4 rings (SSSR count). The number of hydrogen-bond acceptors (Lipinski definition) is 2. The molecule has 2 amide bonds. The number of alkyl halides is 1. The van der Waals surface area contributed by atoms with Crippen LogP contribution >= 0.6 is 15.9 Å². The molecular formula is C18H23BrN2O2. The molecule has 3 atom stereocenters. The molecule has 0 heterocycles. The van der Waals surface area contributed by atoms with Crippen LogP contribution in [-0.4, -0.2) is 16.6 Å². The van der Waals surface area contributed by atoms with Gasteiger partial charge in [-0.15, -0.1) is 0 Å². The van der Waals surface area contributed by atoms with Crippen molar-refractivity contribution in [1.29, 1.82) is 0 Å². The quantitative estimate of drug-likeness (QED) is 0.627. The molecule has 1 aromatic carbocycles. The molecule has 3 aliphatic rings. The monoisotopic (exact) mass is 378 g/mol. The lowest BCUT2D eigenvalue weighted by Gasteiger charge is -2.64. The van der Waals surface area contributed by atoms with E-state index in [4.69, 9.17) is 0 Å². The van der Waals surface area contributed by atoms with Gasteiger partial charge in [-0.05, 0) is 29.2 Å². The van der Waals surface area contributed by atoms with Crippen LogP contribution in [0.15, 0.2) is 30.3 Å². The minimum Gasteiger partial charge on any atom is -0.273 e. The first-order valence-electron chi connectivity index (χ1n) is 8.03. The SMILES string of the molecule is CC12CCC(C(=O)NNC(=O)Cc3ccccc3)(C1Br)C2(C)C. The van der Waals surface area contributed by atoms with E-state index in [9.17, 15) is 9.59 Å². The molecule has 2 bridgehead atoms. The van der Waals surface area contributed by atoms with Crippen LogP contribution in [0.25, 0.3) is 0 Å².